The Balaban J connectivity index is 2.41. The lowest BCUT2D eigenvalue weighted by atomic mass is 9.78. The van der Waals surface area contributed by atoms with Crippen LogP contribution >= 0.6 is 0 Å². The molecule has 0 saturated carbocycles. The standard InChI is InChI=1S/C12H24O2/c1-9-5-6-11(14-9)7-10(8-13)12(2,3)4/h9-11,13H,5-8H2,1-4H3. The second-order valence-corrected chi connectivity index (χ2v) is 5.63. The van der Waals surface area contributed by atoms with Crippen molar-refractivity contribution in [1.82, 2.24) is 0 Å². The summed E-state index contributed by atoms with van der Waals surface area (Å²) in [6.45, 7) is 8.97. The van der Waals surface area contributed by atoms with E-state index in [1.807, 2.05) is 0 Å². The molecule has 1 aliphatic rings. The normalized spacial score (nSPS) is 30.6. The molecule has 0 bridgehead atoms. The molecule has 0 radical (unpaired) electrons. The van der Waals surface area contributed by atoms with Gasteiger partial charge in [-0.3, -0.25) is 0 Å². The van der Waals surface area contributed by atoms with Crippen LogP contribution in [0.5, 0.6) is 0 Å². The zero-order valence-electron chi connectivity index (χ0n) is 9.92. The van der Waals surface area contributed by atoms with E-state index in [9.17, 15) is 5.11 Å². The van der Waals surface area contributed by atoms with Crippen LogP contribution in [0.15, 0.2) is 0 Å². The summed E-state index contributed by atoms with van der Waals surface area (Å²) in [6, 6.07) is 0. The van der Waals surface area contributed by atoms with Crippen molar-refractivity contribution in [2.24, 2.45) is 11.3 Å². The highest BCUT2D eigenvalue weighted by molar-refractivity contribution is 4.80. The van der Waals surface area contributed by atoms with E-state index in [1.54, 1.807) is 0 Å². The molecule has 3 atom stereocenters. The molecule has 0 aromatic heterocycles. The first-order valence-electron chi connectivity index (χ1n) is 5.69. The smallest absolute Gasteiger partial charge is 0.0583 e. The molecule has 84 valence electrons. The van der Waals surface area contributed by atoms with Crippen molar-refractivity contribution < 1.29 is 9.84 Å². The molecule has 1 fully saturated rings. The van der Waals surface area contributed by atoms with E-state index >= 15 is 0 Å². The van der Waals surface area contributed by atoms with E-state index < -0.39 is 0 Å². The molecule has 3 unspecified atom stereocenters. The topological polar surface area (TPSA) is 29.5 Å². The highest BCUT2D eigenvalue weighted by Crippen LogP contribution is 2.33. The highest BCUT2D eigenvalue weighted by atomic mass is 16.5. The first-order chi connectivity index (χ1) is 6.43. The molecule has 1 rings (SSSR count). The average molecular weight is 200 g/mol. The summed E-state index contributed by atoms with van der Waals surface area (Å²) in [5.74, 6) is 0.359. The van der Waals surface area contributed by atoms with Gasteiger partial charge in [-0.1, -0.05) is 20.8 Å². The lowest BCUT2D eigenvalue weighted by molar-refractivity contribution is 0.0132. The van der Waals surface area contributed by atoms with Gasteiger partial charge in [0, 0.05) is 6.61 Å². The molecular weight excluding hydrogens is 176 g/mol. The third-order valence-electron chi connectivity index (χ3n) is 3.31. The maximum atomic E-state index is 9.33. The minimum Gasteiger partial charge on any atom is -0.396 e. The van der Waals surface area contributed by atoms with E-state index in [0.717, 1.165) is 12.8 Å². The van der Waals surface area contributed by atoms with Crippen molar-refractivity contribution in [3.63, 3.8) is 0 Å². The van der Waals surface area contributed by atoms with Gasteiger partial charge in [-0.05, 0) is 37.5 Å². The van der Waals surface area contributed by atoms with Gasteiger partial charge in [-0.2, -0.15) is 0 Å². The summed E-state index contributed by atoms with van der Waals surface area (Å²) in [5.41, 5.74) is 0.184. The maximum Gasteiger partial charge on any atom is 0.0583 e. The van der Waals surface area contributed by atoms with Crippen LogP contribution in [0.3, 0.4) is 0 Å². The van der Waals surface area contributed by atoms with Gasteiger partial charge >= 0.3 is 0 Å². The third-order valence-corrected chi connectivity index (χ3v) is 3.31. The number of hydrogen-bond acceptors (Lipinski definition) is 2. The number of rotatable bonds is 3. The predicted octanol–water partition coefficient (Wildman–Crippen LogP) is 2.60. The Kier molecular flexibility index (Phi) is 3.96. The van der Waals surface area contributed by atoms with Crippen LogP contribution in [0.25, 0.3) is 0 Å². The van der Waals surface area contributed by atoms with Gasteiger partial charge in [-0.25, -0.2) is 0 Å². The molecule has 1 heterocycles. The first kappa shape index (κ1) is 12.0. The largest absolute Gasteiger partial charge is 0.396 e. The first-order valence-corrected chi connectivity index (χ1v) is 5.69. The molecule has 2 heteroatoms. The van der Waals surface area contributed by atoms with Gasteiger partial charge in [0.1, 0.15) is 0 Å². The molecule has 1 N–H and O–H groups in total. The summed E-state index contributed by atoms with van der Waals surface area (Å²) in [6.07, 6.45) is 4.13. The average Bonchev–Trinajstić information content (AvgIpc) is 2.45. The van der Waals surface area contributed by atoms with Crippen LogP contribution in [0.4, 0.5) is 0 Å². The van der Waals surface area contributed by atoms with Crippen molar-refractivity contribution in [2.75, 3.05) is 6.61 Å². The zero-order chi connectivity index (χ0) is 10.8. The monoisotopic (exact) mass is 200 g/mol. The second-order valence-electron chi connectivity index (χ2n) is 5.63. The van der Waals surface area contributed by atoms with Gasteiger partial charge in [0.05, 0.1) is 12.2 Å². The molecule has 0 aliphatic carbocycles. The SMILES string of the molecule is CC1CCC(CC(CO)C(C)(C)C)O1. The molecule has 0 amide bonds. The zero-order valence-corrected chi connectivity index (χ0v) is 9.92. The highest BCUT2D eigenvalue weighted by Gasteiger charge is 2.30. The lowest BCUT2D eigenvalue weighted by Crippen LogP contribution is -2.28. The van der Waals surface area contributed by atoms with Crippen LogP contribution in [0.1, 0.15) is 47.0 Å². The van der Waals surface area contributed by atoms with Gasteiger partial charge < -0.3 is 9.84 Å². The fraction of sp³-hybridized carbons (Fsp3) is 1.00. The lowest BCUT2D eigenvalue weighted by Gasteiger charge is -2.31. The van der Waals surface area contributed by atoms with Gasteiger partial charge in [0.25, 0.3) is 0 Å². The fourth-order valence-corrected chi connectivity index (χ4v) is 2.08. The van der Waals surface area contributed by atoms with Crippen LogP contribution in [-0.4, -0.2) is 23.9 Å². The molecule has 1 saturated heterocycles. The molecule has 2 nitrogen and oxygen atoms in total. The Morgan fingerprint density at radius 2 is 2.00 bits per heavy atom. The number of ether oxygens (including phenoxy) is 1. The number of aliphatic hydroxyl groups is 1. The number of hydrogen-bond donors (Lipinski definition) is 1. The molecule has 14 heavy (non-hydrogen) atoms. The summed E-state index contributed by atoms with van der Waals surface area (Å²) in [4.78, 5) is 0. The van der Waals surface area contributed by atoms with E-state index in [1.165, 1.54) is 6.42 Å². The Bertz CT molecular complexity index is 172. The molecule has 1 aliphatic heterocycles. The van der Waals surface area contributed by atoms with Gasteiger partial charge in [0.2, 0.25) is 0 Å². The summed E-state index contributed by atoms with van der Waals surface area (Å²) < 4.78 is 5.78. The van der Waals surface area contributed by atoms with Crippen molar-refractivity contribution in [3.05, 3.63) is 0 Å². The van der Waals surface area contributed by atoms with Crippen LogP contribution in [0, 0.1) is 11.3 Å². The van der Waals surface area contributed by atoms with Crippen molar-refractivity contribution >= 4 is 0 Å². The Labute approximate surface area is 87.7 Å². The molecular formula is C12H24O2. The predicted molar refractivity (Wildman–Crippen MR) is 58.2 cm³/mol. The van der Waals surface area contributed by atoms with E-state index in [0.29, 0.717) is 18.1 Å². The van der Waals surface area contributed by atoms with E-state index in [-0.39, 0.29) is 12.0 Å². The fourth-order valence-electron chi connectivity index (χ4n) is 2.08. The molecule has 0 spiro atoms. The summed E-state index contributed by atoms with van der Waals surface area (Å²) >= 11 is 0. The number of aliphatic hydroxyl groups excluding tert-OH is 1. The quantitative estimate of drug-likeness (QED) is 0.759. The minimum absolute atomic E-state index is 0.184. The van der Waals surface area contributed by atoms with E-state index in [4.69, 9.17) is 4.74 Å². The summed E-state index contributed by atoms with van der Waals surface area (Å²) in [7, 11) is 0. The van der Waals surface area contributed by atoms with Gasteiger partial charge in [-0.15, -0.1) is 0 Å². The van der Waals surface area contributed by atoms with Crippen molar-refractivity contribution in [3.8, 4) is 0 Å². The van der Waals surface area contributed by atoms with Crippen LogP contribution in [-0.2, 0) is 4.74 Å². The minimum atomic E-state index is 0.184. The Morgan fingerprint density at radius 1 is 1.36 bits per heavy atom. The molecule has 0 aromatic carbocycles. The van der Waals surface area contributed by atoms with Crippen LogP contribution in [0.2, 0.25) is 0 Å². The summed E-state index contributed by atoms with van der Waals surface area (Å²) in [5, 5.41) is 9.33. The Morgan fingerprint density at radius 3 is 2.36 bits per heavy atom. The van der Waals surface area contributed by atoms with E-state index in [2.05, 4.69) is 27.7 Å². The molecule has 0 aromatic rings. The Hall–Kier alpha value is -0.0800. The van der Waals surface area contributed by atoms with Crippen molar-refractivity contribution in [2.45, 2.75) is 59.2 Å². The second kappa shape index (κ2) is 4.63. The van der Waals surface area contributed by atoms with Crippen LogP contribution < -0.4 is 0 Å². The van der Waals surface area contributed by atoms with Crippen molar-refractivity contribution in [1.29, 1.82) is 0 Å². The maximum absolute atomic E-state index is 9.33. The van der Waals surface area contributed by atoms with Gasteiger partial charge in [0.15, 0.2) is 0 Å². The third kappa shape index (κ3) is 3.25.